The molecule has 0 aliphatic heterocycles. The van der Waals surface area contributed by atoms with Gasteiger partial charge in [-0.3, -0.25) is 4.79 Å². The Morgan fingerprint density at radius 3 is 2.11 bits per heavy atom. The van der Waals surface area contributed by atoms with E-state index in [2.05, 4.69) is 44.3 Å². The van der Waals surface area contributed by atoms with Crippen molar-refractivity contribution in [3.63, 3.8) is 0 Å². The van der Waals surface area contributed by atoms with Crippen LogP contribution in [0.5, 0.6) is 5.75 Å². The molecular weight excluding hydrogens is 472 g/mol. The summed E-state index contributed by atoms with van der Waals surface area (Å²) in [5, 5.41) is 17.0. The van der Waals surface area contributed by atoms with Gasteiger partial charge < -0.3 is 24.4 Å². The van der Waals surface area contributed by atoms with E-state index in [-0.39, 0.29) is 30.3 Å². The molecule has 0 radical (unpaired) electrons. The molecule has 0 heterocycles. The molecule has 1 unspecified atom stereocenters. The maximum absolute atomic E-state index is 11.7. The number of aldehydes is 1. The lowest BCUT2D eigenvalue weighted by Gasteiger charge is -2.17. The van der Waals surface area contributed by atoms with E-state index in [1.165, 1.54) is 24.8 Å². The van der Waals surface area contributed by atoms with E-state index in [1.54, 1.807) is 7.11 Å². The monoisotopic (exact) mass is 512 g/mol. The molecule has 0 saturated heterocycles. The number of rotatable bonds is 16. The smallest absolute Gasteiger partial charge is 0.335 e. The molecule has 0 aliphatic carbocycles. The van der Waals surface area contributed by atoms with Crippen molar-refractivity contribution in [1.29, 1.82) is 0 Å². The van der Waals surface area contributed by atoms with E-state index in [1.807, 2.05) is 24.3 Å². The van der Waals surface area contributed by atoms with E-state index in [0.717, 1.165) is 23.3 Å². The van der Waals surface area contributed by atoms with Gasteiger partial charge in [0.2, 0.25) is 0 Å². The highest BCUT2D eigenvalue weighted by atomic mass is 16.5. The van der Waals surface area contributed by atoms with Crippen molar-refractivity contribution in [2.75, 3.05) is 33.5 Å². The lowest BCUT2D eigenvalue weighted by atomic mass is 10.0. The fourth-order valence-electron chi connectivity index (χ4n) is 3.21. The Morgan fingerprint density at radius 2 is 1.59 bits per heavy atom. The number of hydrogen-bond acceptors (Lipinski definition) is 7. The Bertz CT molecular complexity index is 949. The van der Waals surface area contributed by atoms with Crippen molar-refractivity contribution in [2.45, 2.75) is 45.1 Å². The number of ether oxygens (including phenoxy) is 3. The van der Waals surface area contributed by atoms with Gasteiger partial charge in [0.1, 0.15) is 25.2 Å². The van der Waals surface area contributed by atoms with Gasteiger partial charge in [-0.25, -0.2) is 4.79 Å². The lowest BCUT2D eigenvalue weighted by Crippen LogP contribution is -2.18. The lowest BCUT2D eigenvalue weighted by molar-refractivity contribution is -0.140. The predicted molar refractivity (Wildman–Crippen MR) is 145 cm³/mol. The quantitative estimate of drug-likeness (QED) is 0.147. The van der Waals surface area contributed by atoms with Crippen molar-refractivity contribution in [3.8, 4) is 5.75 Å². The van der Waals surface area contributed by atoms with Gasteiger partial charge in [-0.2, -0.15) is 0 Å². The molecule has 0 spiro atoms. The maximum atomic E-state index is 11.7. The fraction of sp³-hybridized carbons (Fsp3) is 0.400. The molecule has 0 aliphatic rings. The van der Waals surface area contributed by atoms with Crippen molar-refractivity contribution in [3.05, 3.63) is 89.5 Å². The molecule has 7 nitrogen and oxygen atoms in total. The Kier molecular flexibility index (Phi) is 16.3. The number of carbonyl (C=O) groups excluding carboxylic acids is 2. The number of esters is 1. The standard InChI is InChI=1S/C26H34O5.C4H6O2/c1-4-5-6-7-21-8-10-22(11-9-21)17-30-25-14-12-23(13-15-25)24(18-29-3)19-31-26(28)20(2)16-27;1-4(2-5)3-6/h8-15,24,27H,2,4-7,16-19H2,1,3H3;2,6H,1,3H2. The van der Waals surface area contributed by atoms with Crippen LogP contribution in [0.25, 0.3) is 0 Å². The summed E-state index contributed by atoms with van der Waals surface area (Å²) in [6.07, 6.45) is 5.40. The number of hydrogen-bond donors (Lipinski definition) is 2. The van der Waals surface area contributed by atoms with Crippen LogP contribution in [0.3, 0.4) is 0 Å². The van der Waals surface area contributed by atoms with Gasteiger partial charge in [0, 0.05) is 18.6 Å². The summed E-state index contributed by atoms with van der Waals surface area (Å²) in [5.41, 5.74) is 3.74. The van der Waals surface area contributed by atoms with Gasteiger partial charge in [-0.1, -0.05) is 69.3 Å². The van der Waals surface area contributed by atoms with Gasteiger partial charge >= 0.3 is 5.97 Å². The first kappa shape index (κ1) is 31.8. The van der Waals surface area contributed by atoms with E-state index >= 15 is 0 Å². The van der Waals surface area contributed by atoms with Gasteiger partial charge in [-0.15, -0.1) is 0 Å². The van der Waals surface area contributed by atoms with Crippen LogP contribution in [0.1, 0.15) is 48.8 Å². The van der Waals surface area contributed by atoms with Crippen LogP contribution in [-0.2, 0) is 32.1 Å². The summed E-state index contributed by atoms with van der Waals surface area (Å²) in [6, 6.07) is 16.3. The zero-order chi connectivity index (χ0) is 27.5. The first-order chi connectivity index (χ1) is 17.9. The number of carbonyl (C=O) groups is 2. The van der Waals surface area contributed by atoms with E-state index in [4.69, 9.17) is 24.4 Å². The predicted octanol–water partition coefficient (Wildman–Crippen LogP) is 4.55. The molecule has 0 bridgehead atoms. The summed E-state index contributed by atoms with van der Waals surface area (Å²) < 4.78 is 16.4. The van der Waals surface area contributed by atoms with Crippen molar-refractivity contribution >= 4 is 12.3 Å². The number of methoxy groups -OCH3 is 1. The molecular formula is C30H40O7. The minimum atomic E-state index is -0.597. The molecule has 0 amide bonds. The molecule has 1 atom stereocenters. The molecule has 0 saturated carbocycles. The van der Waals surface area contributed by atoms with Crippen LogP contribution in [0.15, 0.2) is 72.8 Å². The second-order valence-corrected chi connectivity index (χ2v) is 8.58. The Hall–Kier alpha value is -3.26. The van der Waals surface area contributed by atoms with Crippen LogP contribution in [0.2, 0.25) is 0 Å². The summed E-state index contributed by atoms with van der Waals surface area (Å²) in [6.45, 7) is 9.29. The van der Waals surface area contributed by atoms with Crippen LogP contribution < -0.4 is 4.74 Å². The average Bonchev–Trinajstić information content (AvgIpc) is 2.94. The first-order valence-electron chi connectivity index (χ1n) is 12.4. The minimum Gasteiger partial charge on any atom is -0.489 e. The third-order valence-electron chi connectivity index (χ3n) is 5.48. The molecule has 202 valence electrons. The number of aliphatic hydroxyl groups excluding tert-OH is 2. The van der Waals surface area contributed by atoms with Crippen molar-refractivity contribution in [1.82, 2.24) is 0 Å². The zero-order valence-electron chi connectivity index (χ0n) is 22.0. The Balaban J connectivity index is 0.00000102. The molecule has 37 heavy (non-hydrogen) atoms. The average molecular weight is 513 g/mol. The fourth-order valence-corrected chi connectivity index (χ4v) is 3.21. The van der Waals surface area contributed by atoms with Gasteiger partial charge in [0.15, 0.2) is 0 Å². The van der Waals surface area contributed by atoms with Crippen LogP contribution >= 0.6 is 0 Å². The summed E-state index contributed by atoms with van der Waals surface area (Å²) in [5.74, 6) is 0.0623. The molecule has 0 aromatic heterocycles. The third kappa shape index (κ3) is 13.0. The minimum absolute atomic E-state index is 0.0360. The number of aliphatic hydroxyl groups is 2. The topological polar surface area (TPSA) is 102 Å². The summed E-state index contributed by atoms with van der Waals surface area (Å²) in [7, 11) is 1.61. The first-order valence-corrected chi connectivity index (χ1v) is 12.4. The largest absolute Gasteiger partial charge is 0.489 e. The summed E-state index contributed by atoms with van der Waals surface area (Å²) >= 11 is 0. The Morgan fingerprint density at radius 1 is 0.946 bits per heavy atom. The third-order valence-corrected chi connectivity index (χ3v) is 5.48. The van der Waals surface area contributed by atoms with Crippen molar-refractivity contribution in [2.24, 2.45) is 0 Å². The molecule has 2 N–H and O–H groups in total. The van der Waals surface area contributed by atoms with Crippen molar-refractivity contribution < 1.29 is 34.0 Å². The second-order valence-electron chi connectivity index (χ2n) is 8.58. The van der Waals surface area contributed by atoms with Gasteiger partial charge in [0.25, 0.3) is 0 Å². The number of aryl methyl sites for hydroxylation is 1. The highest BCUT2D eigenvalue weighted by Crippen LogP contribution is 2.22. The normalized spacial score (nSPS) is 11.0. The highest BCUT2D eigenvalue weighted by molar-refractivity contribution is 5.87. The van der Waals surface area contributed by atoms with Gasteiger partial charge in [0.05, 0.1) is 25.4 Å². The highest BCUT2D eigenvalue weighted by Gasteiger charge is 2.16. The summed E-state index contributed by atoms with van der Waals surface area (Å²) in [4.78, 5) is 21.2. The molecule has 7 heteroatoms. The molecule has 2 aromatic carbocycles. The van der Waals surface area contributed by atoms with Crippen LogP contribution in [0.4, 0.5) is 0 Å². The van der Waals surface area contributed by atoms with E-state index in [9.17, 15) is 9.59 Å². The Labute approximate surface area is 220 Å². The van der Waals surface area contributed by atoms with Crippen LogP contribution in [0, 0.1) is 0 Å². The van der Waals surface area contributed by atoms with E-state index < -0.39 is 12.6 Å². The number of benzene rings is 2. The molecule has 2 rings (SSSR count). The SMILES string of the molecule is C=C(C=O)CO.C=C(CO)C(=O)OCC(COC)c1ccc(OCc2ccc(CCCCC)cc2)cc1. The molecule has 2 aromatic rings. The molecule has 0 fully saturated rings. The maximum Gasteiger partial charge on any atom is 0.335 e. The second kappa shape index (κ2) is 18.9. The number of unbranched alkanes of at least 4 members (excludes halogenated alkanes) is 2. The van der Waals surface area contributed by atoms with Gasteiger partial charge in [-0.05, 0) is 41.7 Å². The zero-order valence-corrected chi connectivity index (χ0v) is 22.0. The van der Waals surface area contributed by atoms with Crippen LogP contribution in [-0.4, -0.2) is 56.0 Å². The van der Waals surface area contributed by atoms with E-state index in [0.29, 0.717) is 19.5 Å².